The fourth-order valence-corrected chi connectivity index (χ4v) is 7.10. The van der Waals surface area contributed by atoms with E-state index in [-0.39, 0.29) is 29.5 Å². The first-order valence-corrected chi connectivity index (χ1v) is 15.2. The summed E-state index contributed by atoms with van der Waals surface area (Å²) in [7, 11) is 0. The highest BCUT2D eigenvalue weighted by atomic mass is 16.2. The maximum absolute atomic E-state index is 13.2. The summed E-state index contributed by atoms with van der Waals surface area (Å²) in [6, 6.07) is 9.66. The van der Waals surface area contributed by atoms with Crippen molar-refractivity contribution in [3.63, 3.8) is 0 Å². The van der Waals surface area contributed by atoms with Crippen molar-refractivity contribution >= 4 is 58.0 Å². The lowest BCUT2D eigenvalue weighted by Gasteiger charge is -2.30. The van der Waals surface area contributed by atoms with Gasteiger partial charge in [-0.3, -0.25) is 24.0 Å². The van der Waals surface area contributed by atoms with Gasteiger partial charge in [0.2, 0.25) is 29.5 Å². The predicted octanol–water partition coefficient (Wildman–Crippen LogP) is 3.99. The molecule has 0 atom stereocenters. The minimum atomic E-state index is 0.000617. The van der Waals surface area contributed by atoms with Crippen LogP contribution >= 0.6 is 0 Å². The van der Waals surface area contributed by atoms with Crippen LogP contribution in [0, 0.1) is 0 Å². The molecule has 0 bridgehead atoms. The molecule has 42 heavy (non-hydrogen) atoms. The van der Waals surface area contributed by atoms with E-state index < -0.39 is 0 Å². The molecule has 5 amide bonds. The topological polar surface area (TPSA) is 102 Å². The Balaban J connectivity index is 1.49. The molecule has 0 saturated carbocycles. The second kappa shape index (κ2) is 10.6. The Bertz CT molecular complexity index is 1430. The summed E-state index contributed by atoms with van der Waals surface area (Å²) in [5, 5.41) is 0. The average Bonchev–Trinajstić information content (AvgIpc) is 3.81. The van der Waals surface area contributed by atoms with E-state index in [2.05, 4.69) is 0 Å². The fraction of sp³-hybridized carbons (Fsp3) is 0.469. The highest BCUT2D eigenvalue weighted by molar-refractivity contribution is 6.10. The molecule has 10 nitrogen and oxygen atoms in total. The maximum Gasteiger partial charge on any atom is 0.227 e. The summed E-state index contributed by atoms with van der Waals surface area (Å²) in [5.74, 6) is 0.114. The number of hydrogen-bond donors (Lipinski definition) is 0. The summed E-state index contributed by atoms with van der Waals surface area (Å²) in [6.07, 6.45) is 6.01. The normalized spacial score (nSPS) is 21.3. The van der Waals surface area contributed by atoms with Crippen LogP contribution in [0.3, 0.4) is 0 Å². The van der Waals surface area contributed by atoms with Gasteiger partial charge in [-0.25, -0.2) is 0 Å². The number of rotatable bonds is 6. The number of carbonyl (C=O) groups is 5. The molecule has 218 valence electrons. The highest BCUT2D eigenvalue weighted by Gasteiger charge is 2.34. The van der Waals surface area contributed by atoms with E-state index in [9.17, 15) is 24.0 Å². The van der Waals surface area contributed by atoms with Gasteiger partial charge in [-0.05, 0) is 68.0 Å². The summed E-state index contributed by atoms with van der Waals surface area (Å²) < 4.78 is 0. The molecule has 5 heterocycles. The molecule has 2 aromatic carbocycles. The summed E-state index contributed by atoms with van der Waals surface area (Å²) in [6.45, 7) is 2.87. The van der Waals surface area contributed by atoms with E-state index in [1.165, 1.54) is 0 Å². The molecule has 5 saturated heterocycles. The van der Waals surface area contributed by atoms with Crippen LogP contribution in [0.2, 0.25) is 0 Å². The smallest absolute Gasteiger partial charge is 0.227 e. The van der Waals surface area contributed by atoms with Gasteiger partial charge in [-0.2, -0.15) is 0 Å². The Morgan fingerprint density at radius 2 is 0.690 bits per heavy atom. The van der Waals surface area contributed by atoms with Crippen LogP contribution in [-0.2, 0) is 24.0 Å². The molecule has 7 rings (SSSR count). The zero-order valence-corrected chi connectivity index (χ0v) is 23.8. The molecule has 5 fully saturated rings. The van der Waals surface area contributed by atoms with Gasteiger partial charge in [0, 0.05) is 87.5 Å². The third-order valence-electron chi connectivity index (χ3n) is 9.16. The average molecular weight is 570 g/mol. The van der Waals surface area contributed by atoms with Gasteiger partial charge in [0.1, 0.15) is 0 Å². The minimum absolute atomic E-state index is 0.000617. The van der Waals surface area contributed by atoms with Crippen molar-refractivity contribution in [3.8, 4) is 11.1 Å². The Labute approximate surface area is 244 Å². The van der Waals surface area contributed by atoms with Gasteiger partial charge < -0.3 is 24.5 Å². The number of nitrogens with zero attached hydrogens (tertiary/aromatic N) is 5. The summed E-state index contributed by atoms with van der Waals surface area (Å²) >= 11 is 0. The molecule has 10 heteroatoms. The third kappa shape index (κ3) is 4.53. The van der Waals surface area contributed by atoms with Crippen molar-refractivity contribution in [2.24, 2.45) is 0 Å². The number of anilines is 5. The van der Waals surface area contributed by atoms with E-state index in [0.717, 1.165) is 43.2 Å². The monoisotopic (exact) mass is 569 g/mol. The molecule has 5 aliphatic heterocycles. The number of hydrogen-bond acceptors (Lipinski definition) is 5. The Morgan fingerprint density at radius 3 is 1.00 bits per heavy atom. The second-order valence-electron chi connectivity index (χ2n) is 11.8. The zero-order chi connectivity index (χ0) is 29.0. The highest BCUT2D eigenvalue weighted by Crippen LogP contribution is 2.47. The van der Waals surface area contributed by atoms with Crippen LogP contribution in [0.5, 0.6) is 0 Å². The van der Waals surface area contributed by atoms with Gasteiger partial charge >= 0.3 is 0 Å². The number of benzene rings is 2. The molecular formula is C32H35N5O5. The standard InChI is InChI=1S/C32H35N5O5/c38-27-6-1-11-33(27)22-16-21(17-23(18-22)34-12-2-7-28(34)39)32-25(36-14-4-9-30(36)41)19-24(35-13-3-8-29(35)40)20-26(32)37-15-5-10-31(37)42/h16-20H,1-15H2. The maximum atomic E-state index is 13.2. The molecular weight excluding hydrogens is 534 g/mol. The Kier molecular flexibility index (Phi) is 6.71. The van der Waals surface area contributed by atoms with Crippen LogP contribution < -0.4 is 24.5 Å². The number of carbonyl (C=O) groups excluding carboxylic acids is 5. The molecule has 0 unspecified atom stereocenters. The van der Waals surface area contributed by atoms with Crippen molar-refractivity contribution in [1.82, 2.24) is 0 Å². The summed E-state index contributed by atoms with van der Waals surface area (Å²) in [5.41, 5.74) is 4.89. The molecule has 0 spiro atoms. The quantitative estimate of drug-likeness (QED) is 0.524. The van der Waals surface area contributed by atoms with E-state index in [4.69, 9.17) is 0 Å². The largest absolute Gasteiger partial charge is 0.312 e. The van der Waals surface area contributed by atoms with E-state index >= 15 is 0 Å². The minimum Gasteiger partial charge on any atom is -0.312 e. The Morgan fingerprint density at radius 1 is 0.381 bits per heavy atom. The third-order valence-corrected chi connectivity index (χ3v) is 9.16. The second-order valence-corrected chi connectivity index (χ2v) is 11.8. The SMILES string of the molecule is O=C1CCCN1c1cc(-c2c(N3CCCC3=O)cc(N3CCCC3=O)cc2N2CCCC2=O)cc(N2CCCC2=O)c1. The molecule has 5 aliphatic rings. The van der Waals surface area contributed by atoms with Crippen LogP contribution in [0.15, 0.2) is 30.3 Å². The van der Waals surface area contributed by atoms with Crippen molar-refractivity contribution in [2.75, 3.05) is 57.2 Å². The lowest BCUT2D eigenvalue weighted by molar-refractivity contribution is -0.117. The Hall–Kier alpha value is -4.21. The van der Waals surface area contributed by atoms with Crippen LogP contribution in [0.25, 0.3) is 11.1 Å². The number of amides is 5. The first-order valence-electron chi connectivity index (χ1n) is 15.2. The van der Waals surface area contributed by atoms with E-state index in [1.54, 1.807) is 24.5 Å². The first-order chi connectivity index (χ1) is 20.4. The van der Waals surface area contributed by atoms with Crippen LogP contribution in [0.1, 0.15) is 64.2 Å². The predicted molar refractivity (Wildman–Crippen MR) is 160 cm³/mol. The molecule has 2 aromatic rings. The lowest BCUT2D eigenvalue weighted by atomic mass is 9.96. The van der Waals surface area contributed by atoms with Gasteiger partial charge in [0.15, 0.2) is 0 Å². The van der Waals surface area contributed by atoms with Gasteiger partial charge in [-0.1, -0.05) is 0 Å². The van der Waals surface area contributed by atoms with Crippen molar-refractivity contribution in [3.05, 3.63) is 30.3 Å². The van der Waals surface area contributed by atoms with Crippen LogP contribution in [-0.4, -0.2) is 62.3 Å². The fourth-order valence-electron chi connectivity index (χ4n) is 7.10. The lowest BCUT2D eigenvalue weighted by Crippen LogP contribution is -2.30. The van der Waals surface area contributed by atoms with Crippen LogP contribution in [0.4, 0.5) is 28.4 Å². The molecule has 0 aliphatic carbocycles. The van der Waals surface area contributed by atoms with Gasteiger partial charge in [0.05, 0.1) is 11.4 Å². The van der Waals surface area contributed by atoms with E-state index in [1.807, 2.05) is 30.3 Å². The summed E-state index contributed by atoms with van der Waals surface area (Å²) in [4.78, 5) is 74.0. The molecule has 0 aromatic heterocycles. The van der Waals surface area contributed by atoms with Crippen molar-refractivity contribution < 1.29 is 24.0 Å². The zero-order valence-electron chi connectivity index (χ0n) is 23.8. The van der Waals surface area contributed by atoms with E-state index in [0.29, 0.717) is 93.3 Å². The first kappa shape index (κ1) is 26.7. The van der Waals surface area contributed by atoms with Crippen molar-refractivity contribution in [2.45, 2.75) is 64.2 Å². The van der Waals surface area contributed by atoms with Crippen molar-refractivity contribution in [1.29, 1.82) is 0 Å². The molecule has 0 N–H and O–H groups in total. The molecule has 0 radical (unpaired) electrons. The van der Waals surface area contributed by atoms with Gasteiger partial charge in [0.25, 0.3) is 0 Å². The van der Waals surface area contributed by atoms with Gasteiger partial charge in [-0.15, -0.1) is 0 Å².